The molecule has 2 nitrogen and oxygen atoms in total. The number of nitrogens with zero attached hydrogens (tertiary/aromatic N) is 2. The largest absolute Gasteiger partial charge is 0.259 e. The molecule has 0 aliphatic heterocycles. The molecule has 0 saturated heterocycles. The first-order valence-corrected chi connectivity index (χ1v) is 5.17. The minimum absolute atomic E-state index is 0.507. The number of halogens is 2. The molecule has 0 aromatic carbocycles. The van der Waals surface area contributed by atoms with E-state index < -0.39 is 0 Å². The summed E-state index contributed by atoms with van der Waals surface area (Å²) >= 11 is 7.90. The third kappa shape index (κ3) is 2.33. The molecule has 1 aromatic rings. The van der Waals surface area contributed by atoms with Crippen molar-refractivity contribution in [2.75, 3.05) is 0 Å². The minimum Gasteiger partial charge on any atom is -0.259 e. The molecule has 62 valence electrons. The molecule has 0 spiro atoms. The summed E-state index contributed by atoms with van der Waals surface area (Å²) in [4.78, 5) is 0. The summed E-state index contributed by atoms with van der Waals surface area (Å²) < 4.78 is 3.15. The second-order valence-corrected chi connectivity index (χ2v) is 3.69. The van der Waals surface area contributed by atoms with Crippen LogP contribution in [0.15, 0.2) is 6.07 Å². The standard InChI is InChI=1S/C7H10ClIN2/c1-2-3-11-7(9)4-6(5-8)10-11/h4H,2-3,5H2,1H3. The van der Waals surface area contributed by atoms with Crippen LogP contribution in [0.5, 0.6) is 0 Å². The lowest BCUT2D eigenvalue weighted by molar-refractivity contribution is 0.585. The van der Waals surface area contributed by atoms with Gasteiger partial charge >= 0.3 is 0 Å². The van der Waals surface area contributed by atoms with Gasteiger partial charge < -0.3 is 0 Å². The van der Waals surface area contributed by atoms with Crippen LogP contribution < -0.4 is 0 Å². The second-order valence-electron chi connectivity index (χ2n) is 2.32. The zero-order valence-corrected chi connectivity index (χ0v) is 9.26. The molecule has 0 saturated carbocycles. The van der Waals surface area contributed by atoms with E-state index in [2.05, 4.69) is 34.6 Å². The lowest BCUT2D eigenvalue weighted by Gasteiger charge is -1.97. The molecule has 0 aliphatic carbocycles. The Morgan fingerprint density at radius 3 is 2.91 bits per heavy atom. The van der Waals surface area contributed by atoms with E-state index >= 15 is 0 Å². The summed E-state index contributed by atoms with van der Waals surface area (Å²) in [5.41, 5.74) is 0.963. The highest BCUT2D eigenvalue weighted by molar-refractivity contribution is 14.1. The number of aryl methyl sites for hydroxylation is 1. The second kappa shape index (κ2) is 4.30. The minimum atomic E-state index is 0.507. The van der Waals surface area contributed by atoms with Crippen LogP contribution in [0.3, 0.4) is 0 Å². The Morgan fingerprint density at radius 2 is 2.45 bits per heavy atom. The van der Waals surface area contributed by atoms with Crippen LogP contribution in [0.4, 0.5) is 0 Å². The highest BCUT2D eigenvalue weighted by atomic mass is 127. The molecule has 11 heavy (non-hydrogen) atoms. The van der Waals surface area contributed by atoms with Crippen molar-refractivity contribution < 1.29 is 0 Å². The van der Waals surface area contributed by atoms with Gasteiger partial charge in [-0.25, -0.2) is 0 Å². The quantitative estimate of drug-likeness (QED) is 0.616. The molecule has 0 atom stereocenters. The molecule has 0 radical (unpaired) electrons. The van der Waals surface area contributed by atoms with E-state index in [1.54, 1.807) is 0 Å². The zero-order chi connectivity index (χ0) is 8.27. The van der Waals surface area contributed by atoms with Crippen molar-refractivity contribution in [1.82, 2.24) is 9.78 Å². The summed E-state index contributed by atoms with van der Waals surface area (Å²) in [5, 5.41) is 4.30. The van der Waals surface area contributed by atoms with E-state index in [-0.39, 0.29) is 0 Å². The van der Waals surface area contributed by atoms with Crippen LogP contribution in [0, 0.1) is 3.70 Å². The normalized spacial score (nSPS) is 10.5. The molecule has 1 aromatic heterocycles. The Hall–Kier alpha value is 0.230. The van der Waals surface area contributed by atoms with Crippen molar-refractivity contribution in [3.63, 3.8) is 0 Å². The average molecular weight is 285 g/mol. The highest BCUT2D eigenvalue weighted by Crippen LogP contribution is 2.09. The number of hydrogen-bond acceptors (Lipinski definition) is 1. The van der Waals surface area contributed by atoms with E-state index in [4.69, 9.17) is 11.6 Å². The molecular formula is C7H10ClIN2. The van der Waals surface area contributed by atoms with E-state index in [0.29, 0.717) is 5.88 Å². The Kier molecular flexibility index (Phi) is 3.65. The van der Waals surface area contributed by atoms with Gasteiger partial charge in [0.15, 0.2) is 0 Å². The average Bonchev–Trinajstić information content (AvgIpc) is 2.33. The Bertz CT molecular complexity index is 234. The maximum absolute atomic E-state index is 5.63. The zero-order valence-electron chi connectivity index (χ0n) is 6.35. The highest BCUT2D eigenvalue weighted by Gasteiger charge is 2.02. The van der Waals surface area contributed by atoms with Crippen LogP contribution in [0.2, 0.25) is 0 Å². The SMILES string of the molecule is CCCn1nc(CCl)cc1I. The van der Waals surface area contributed by atoms with Gasteiger partial charge in [-0.15, -0.1) is 11.6 Å². The summed E-state index contributed by atoms with van der Waals surface area (Å²) in [6.07, 6.45) is 1.11. The van der Waals surface area contributed by atoms with Crippen LogP contribution in [-0.4, -0.2) is 9.78 Å². The molecule has 1 heterocycles. The van der Waals surface area contributed by atoms with Crippen LogP contribution >= 0.6 is 34.2 Å². The van der Waals surface area contributed by atoms with Gasteiger partial charge in [-0.2, -0.15) is 5.10 Å². The van der Waals surface area contributed by atoms with Crippen LogP contribution in [-0.2, 0) is 12.4 Å². The molecule has 0 bridgehead atoms. The van der Waals surface area contributed by atoms with Gasteiger partial charge in [0.25, 0.3) is 0 Å². The van der Waals surface area contributed by atoms with Gasteiger partial charge in [-0.05, 0) is 35.1 Å². The summed E-state index contributed by atoms with van der Waals surface area (Å²) in [6, 6.07) is 2.02. The number of alkyl halides is 1. The summed E-state index contributed by atoms with van der Waals surface area (Å²) in [7, 11) is 0. The smallest absolute Gasteiger partial charge is 0.0992 e. The topological polar surface area (TPSA) is 17.8 Å². The Labute approximate surface area is 85.1 Å². The van der Waals surface area contributed by atoms with Crippen molar-refractivity contribution in [1.29, 1.82) is 0 Å². The third-order valence-electron chi connectivity index (χ3n) is 1.35. The van der Waals surface area contributed by atoms with Crippen molar-refractivity contribution in [2.24, 2.45) is 0 Å². The van der Waals surface area contributed by atoms with E-state index in [1.165, 1.54) is 3.70 Å². The van der Waals surface area contributed by atoms with Gasteiger partial charge in [0.1, 0.15) is 0 Å². The van der Waals surface area contributed by atoms with E-state index in [0.717, 1.165) is 18.7 Å². The van der Waals surface area contributed by atoms with Gasteiger partial charge in [-0.1, -0.05) is 6.92 Å². The Balaban J connectivity index is 2.79. The first kappa shape index (κ1) is 9.32. The van der Waals surface area contributed by atoms with Gasteiger partial charge in [-0.3, -0.25) is 4.68 Å². The van der Waals surface area contributed by atoms with Crippen LogP contribution in [0.25, 0.3) is 0 Å². The molecule has 0 amide bonds. The van der Waals surface area contributed by atoms with Gasteiger partial charge in [0.2, 0.25) is 0 Å². The molecule has 4 heteroatoms. The molecule has 0 fully saturated rings. The van der Waals surface area contributed by atoms with Crippen molar-refractivity contribution in [3.8, 4) is 0 Å². The predicted molar refractivity (Wildman–Crippen MR) is 54.8 cm³/mol. The fourth-order valence-corrected chi connectivity index (χ4v) is 1.72. The van der Waals surface area contributed by atoms with E-state index in [9.17, 15) is 0 Å². The maximum atomic E-state index is 5.63. The maximum Gasteiger partial charge on any atom is 0.0992 e. The lowest BCUT2D eigenvalue weighted by atomic mass is 10.5. The van der Waals surface area contributed by atoms with Crippen LogP contribution in [0.1, 0.15) is 19.0 Å². The van der Waals surface area contributed by atoms with E-state index in [1.807, 2.05) is 10.7 Å². The van der Waals surface area contributed by atoms with Crippen molar-refractivity contribution in [3.05, 3.63) is 15.5 Å². The van der Waals surface area contributed by atoms with Crippen molar-refractivity contribution in [2.45, 2.75) is 25.8 Å². The summed E-state index contributed by atoms with van der Waals surface area (Å²) in [5.74, 6) is 0.507. The number of rotatable bonds is 3. The summed E-state index contributed by atoms with van der Waals surface area (Å²) in [6.45, 7) is 3.12. The molecule has 0 aliphatic rings. The molecule has 0 N–H and O–H groups in total. The van der Waals surface area contributed by atoms with Gasteiger partial charge in [0, 0.05) is 6.54 Å². The predicted octanol–water partition coefficient (Wildman–Crippen LogP) is 2.64. The third-order valence-corrected chi connectivity index (χ3v) is 2.50. The number of hydrogen-bond donors (Lipinski definition) is 0. The first-order valence-electron chi connectivity index (χ1n) is 3.56. The van der Waals surface area contributed by atoms with Gasteiger partial charge in [0.05, 0.1) is 15.3 Å². The monoisotopic (exact) mass is 284 g/mol. The molecule has 0 unspecified atom stereocenters. The Morgan fingerprint density at radius 1 is 1.73 bits per heavy atom. The first-order chi connectivity index (χ1) is 5.27. The fraction of sp³-hybridized carbons (Fsp3) is 0.571. The molecular weight excluding hydrogens is 274 g/mol. The molecule has 1 rings (SSSR count). The number of aromatic nitrogens is 2. The van der Waals surface area contributed by atoms with Crippen molar-refractivity contribution >= 4 is 34.2 Å². The lowest BCUT2D eigenvalue weighted by Crippen LogP contribution is -2.01. The fourth-order valence-electron chi connectivity index (χ4n) is 0.878.